The monoisotopic (exact) mass is 440 g/mol. The van der Waals surface area contributed by atoms with Crippen molar-refractivity contribution in [3.63, 3.8) is 0 Å². The van der Waals surface area contributed by atoms with Crippen LogP contribution in [-0.2, 0) is 7.05 Å². The Bertz CT molecular complexity index is 1190. The van der Waals surface area contributed by atoms with Crippen LogP contribution in [0.15, 0.2) is 42.7 Å². The summed E-state index contributed by atoms with van der Waals surface area (Å²) in [7, 11) is 3.24. The Hall–Kier alpha value is -3.49. The van der Waals surface area contributed by atoms with Gasteiger partial charge in [0.1, 0.15) is 22.8 Å². The van der Waals surface area contributed by atoms with E-state index in [0.29, 0.717) is 51.0 Å². The highest BCUT2D eigenvalue weighted by atomic mass is 35.5. The zero-order chi connectivity index (χ0) is 23.1. The van der Waals surface area contributed by atoms with E-state index >= 15 is 0 Å². The van der Waals surface area contributed by atoms with Crippen LogP contribution in [0.25, 0.3) is 22.6 Å². The topological polar surface area (TPSA) is 133 Å². The van der Waals surface area contributed by atoms with Crippen LogP contribution in [0.5, 0.6) is 5.75 Å². The lowest BCUT2D eigenvalue weighted by atomic mass is 10.1. The normalized spacial score (nSPS) is 10.0. The predicted molar refractivity (Wildman–Crippen MR) is 124 cm³/mol. The van der Waals surface area contributed by atoms with Gasteiger partial charge in [0.15, 0.2) is 11.9 Å². The number of benzene rings is 1. The van der Waals surface area contributed by atoms with E-state index < -0.39 is 0 Å². The van der Waals surface area contributed by atoms with Crippen LogP contribution in [0.2, 0.25) is 5.02 Å². The Labute approximate surface area is 185 Å². The van der Waals surface area contributed by atoms with Crippen molar-refractivity contribution in [2.75, 3.05) is 12.8 Å². The number of aromatic hydroxyl groups is 1. The van der Waals surface area contributed by atoms with Gasteiger partial charge in [-0.15, -0.1) is 0 Å². The first kappa shape index (κ1) is 23.8. The first-order valence-corrected chi connectivity index (χ1v) is 9.71. The maximum absolute atomic E-state index is 11.2. The quantitative estimate of drug-likeness (QED) is 0.405. The Morgan fingerprint density at radius 1 is 1.06 bits per heavy atom. The number of carbonyl (C=O) groups is 1. The molecular formula is C22H25ClN6O2. The van der Waals surface area contributed by atoms with E-state index in [1.807, 2.05) is 26.0 Å². The SMILES string of the molecule is CN.Cc1ccc(O)c(C)c1.Cn1c(N)c(C=O)c2nc(-c3ccc(Cl)cn3)cnc21. The zero-order valence-electron chi connectivity index (χ0n) is 17.8. The van der Waals surface area contributed by atoms with E-state index in [1.54, 1.807) is 36.0 Å². The highest BCUT2D eigenvalue weighted by molar-refractivity contribution is 6.30. The second-order valence-electron chi connectivity index (χ2n) is 6.55. The summed E-state index contributed by atoms with van der Waals surface area (Å²) in [6.45, 7) is 3.90. The number of anilines is 1. The molecule has 0 saturated carbocycles. The van der Waals surface area contributed by atoms with E-state index in [0.717, 1.165) is 5.56 Å². The molecule has 0 spiro atoms. The second-order valence-corrected chi connectivity index (χ2v) is 6.99. The average Bonchev–Trinajstić information content (AvgIpc) is 3.02. The van der Waals surface area contributed by atoms with Crippen LogP contribution in [-0.4, -0.2) is 38.0 Å². The van der Waals surface area contributed by atoms with Crippen LogP contribution in [0, 0.1) is 13.8 Å². The van der Waals surface area contributed by atoms with Crippen molar-refractivity contribution in [3.05, 3.63) is 64.4 Å². The van der Waals surface area contributed by atoms with Gasteiger partial charge in [-0.1, -0.05) is 29.3 Å². The molecule has 0 unspecified atom stereocenters. The molecule has 0 bridgehead atoms. The molecule has 0 aliphatic heterocycles. The summed E-state index contributed by atoms with van der Waals surface area (Å²) >= 11 is 5.80. The number of rotatable bonds is 2. The van der Waals surface area contributed by atoms with Gasteiger partial charge >= 0.3 is 0 Å². The van der Waals surface area contributed by atoms with Gasteiger partial charge in [0.2, 0.25) is 0 Å². The van der Waals surface area contributed by atoms with Crippen molar-refractivity contribution in [1.82, 2.24) is 19.5 Å². The van der Waals surface area contributed by atoms with Gasteiger partial charge in [0, 0.05) is 13.2 Å². The number of pyridine rings is 1. The van der Waals surface area contributed by atoms with Crippen LogP contribution < -0.4 is 11.5 Å². The van der Waals surface area contributed by atoms with Crippen molar-refractivity contribution in [3.8, 4) is 17.1 Å². The molecule has 8 nitrogen and oxygen atoms in total. The van der Waals surface area contributed by atoms with Crippen LogP contribution in [0.3, 0.4) is 0 Å². The molecule has 3 aromatic heterocycles. The Morgan fingerprint density at radius 3 is 2.32 bits per heavy atom. The number of aldehydes is 1. The maximum Gasteiger partial charge on any atom is 0.160 e. The molecular weight excluding hydrogens is 416 g/mol. The van der Waals surface area contributed by atoms with E-state index in [9.17, 15) is 4.79 Å². The van der Waals surface area contributed by atoms with Crippen LogP contribution in [0.1, 0.15) is 21.5 Å². The zero-order valence-corrected chi connectivity index (χ0v) is 18.6. The molecule has 9 heteroatoms. The molecule has 0 amide bonds. The molecule has 162 valence electrons. The molecule has 1 aromatic carbocycles. The molecule has 0 saturated heterocycles. The number of nitrogens with two attached hydrogens (primary N) is 2. The number of fused-ring (bicyclic) bond motifs is 1. The molecule has 0 atom stereocenters. The fourth-order valence-corrected chi connectivity index (χ4v) is 2.91. The van der Waals surface area contributed by atoms with Crippen molar-refractivity contribution in [2.45, 2.75) is 13.8 Å². The highest BCUT2D eigenvalue weighted by Crippen LogP contribution is 2.25. The number of phenols is 1. The predicted octanol–water partition coefficient (Wildman–Crippen LogP) is 3.66. The lowest BCUT2D eigenvalue weighted by Gasteiger charge is -2.01. The summed E-state index contributed by atoms with van der Waals surface area (Å²) in [5.41, 5.74) is 15.0. The maximum atomic E-state index is 11.2. The highest BCUT2D eigenvalue weighted by Gasteiger charge is 2.16. The van der Waals surface area contributed by atoms with E-state index in [2.05, 4.69) is 20.7 Å². The van der Waals surface area contributed by atoms with E-state index in [4.69, 9.17) is 22.4 Å². The van der Waals surface area contributed by atoms with Crippen molar-refractivity contribution >= 4 is 34.9 Å². The molecule has 3 heterocycles. The standard InChI is InChI=1S/C13H10ClN5O.C8H10O.CH5N/c1-19-12(15)8(6-20)11-13(19)17-5-10(18-11)9-3-2-7(14)4-16-9;1-6-3-4-8(9)7(2)5-6;1-2/h2-6H,15H2,1H3;3-5,9H,1-2H3;2H2,1H3. The van der Waals surface area contributed by atoms with Crippen molar-refractivity contribution in [2.24, 2.45) is 12.8 Å². The molecule has 31 heavy (non-hydrogen) atoms. The van der Waals surface area contributed by atoms with Gasteiger partial charge in [-0.05, 0) is 44.7 Å². The Balaban J connectivity index is 0.000000261. The third-order valence-electron chi connectivity index (χ3n) is 4.42. The third-order valence-corrected chi connectivity index (χ3v) is 4.65. The minimum absolute atomic E-state index is 0.339. The molecule has 4 rings (SSSR count). The number of halogens is 1. The molecule has 5 N–H and O–H groups in total. The van der Waals surface area contributed by atoms with Gasteiger partial charge in [0.05, 0.1) is 22.5 Å². The summed E-state index contributed by atoms with van der Waals surface area (Å²) < 4.78 is 1.63. The van der Waals surface area contributed by atoms with Gasteiger partial charge in [-0.25, -0.2) is 9.97 Å². The minimum Gasteiger partial charge on any atom is -0.508 e. The fraction of sp³-hybridized carbons (Fsp3) is 0.182. The number of aromatic nitrogens is 4. The number of aryl methyl sites for hydroxylation is 3. The lowest BCUT2D eigenvalue weighted by Crippen LogP contribution is -1.98. The van der Waals surface area contributed by atoms with E-state index in [-0.39, 0.29) is 0 Å². The number of hydrogen-bond donors (Lipinski definition) is 3. The average molecular weight is 441 g/mol. The molecule has 0 radical (unpaired) electrons. The van der Waals surface area contributed by atoms with Crippen LogP contribution in [0.4, 0.5) is 5.82 Å². The number of nitrogens with zero attached hydrogens (tertiary/aromatic N) is 4. The van der Waals surface area contributed by atoms with E-state index in [1.165, 1.54) is 18.8 Å². The summed E-state index contributed by atoms with van der Waals surface area (Å²) in [4.78, 5) is 24.1. The first-order chi connectivity index (χ1) is 14.8. The molecule has 0 fully saturated rings. The third kappa shape index (κ3) is 5.36. The lowest BCUT2D eigenvalue weighted by molar-refractivity contribution is 0.112. The first-order valence-electron chi connectivity index (χ1n) is 9.33. The largest absolute Gasteiger partial charge is 0.508 e. The van der Waals surface area contributed by atoms with Crippen LogP contribution >= 0.6 is 11.6 Å². The Kier molecular flexibility index (Phi) is 8.07. The minimum atomic E-state index is 0.339. The molecule has 4 aromatic rings. The van der Waals surface area contributed by atoms with Gasteiger partial charge in [0.25, 0.3) is 0 Å². The number of phenolic OH excluding ortho intramolecular Hbond substituents is 1. The number of nitrogen functional groups attached to an aromatic ring is 1. The summed E-state index contributed by atoms with van der Waals surface area (Å²) in [6, 6.07) is 9.02. The fourth-order valence-electron chi connectivity index (χ4n) is 2.80. The van der Waals surface area contributed by atoms with Crippen molar-refractivity contribution in [1.29, 1.82) is 0 Å². The number of carbonyl (C=O) groups excluding carboxylic acids is 1. The smallest absolute Gasteiger partial charge is 0.160 e. The van der Waals surface area contributed by atoms with Gasteiger partial charge < -0.3 is 21.1 Å². The Morgan fingerprint density at radius 2 is 1.77 bits per heavy atom. The molecule has 0 aliphatic carbocycles. The second kappa shape index (κ2) is 10.5. The summed E-state index contributed by atoms with van der Waals surface area (Å²) in [5.74, 6) is 0.719. The number of hydrogen-bond acceptors (Lipinski definition) is 7. The summed E-state index contributed by atoms with van der Waals surface area (Å²) in [5, 5.41) is 9.59. The molecule has 0 aliphatic rings. The summed E-state index contributed by atoms with van der Waals surface area (Å²) in [6.07, 6.45) is 3.81. The van der Waals surface area contributed by atoms with Gasteiger partial charge in [-0.2, -0.15) is 0 Å². The van der Waals surface area contributed by atoms with Gasteiger partial charge in [-0.3, -0.25) is 9.78 Å². The van der Waals surface area contributed by atoms with Crippen molar-refractivity contribution < 1.29 is 9.90 Å².